The minimum absolute atomic E-state index is 0.00188. The first-order chi connectivity index (χ1) is 7.58. The Bertz CT molecular complexity index is 596. The second-order valence-electron chi connectivity index (χ2n) is 3.04. The van der Waals surface area contributed by atoms with Gasteiger partial charge in [-0.1, -0.05) is 0 Å². The van der Waals surface area contributed by atoms with Gasteiger partial charge in [-0.05, 0) is 28.9 Å². The molecule has 2 aromatic heterocycles. The van der Waals surface area contributed by atoms with Crippen molar-refractivity contribution in [3.8, 4) is 17.4 Å². The highest BCUT2D eigenvalue weighted by Crippen LogP contribution is 2.18. The first-order valence-electron chi connectivity index (χ1n) is 4.36. The molecule has 2 heterocycles. The SMILES string of the molecule is Cc1nccc(-c2nc(O)c(Br)c(=O)[nH]2)n1. The lowest BCUT2D eigenvalue weighted by Crippen LogP contribution is -2.10. The molecule has 82 valence electrons. The van der Waals surface area contributed by atoms with Crippen LogP contribution < -0.4 is 5.56 Å². The molecule has 6 nitrogen and oxygen atoms in total. The second-order valence-corrected chi connectivity index (χ2v) is 3.83. The summed E-state index contributed by atoms with van der Waals surface area (Å²) in [5, 5.41) is 9.39. The number of hydrogen-bond donors (Lipinski definition) is 2. The first-order valence-corrected chi connectivity index (χ1v) is 5.16. The highest BCUT2D eigenvalue weighted by Gasteiger charge is 2.09. The van der Waals surface area contributed by atoms with Crippen LogP contribution in [0.2, 0.25) is 0 Å². The summed E-state index contributed by atoms with van der Waals surface area (Å²) < 4.78 is 0.00188. The monoisotopic (exact) mass is 282 g/mol. The van der Waals surface area contributed by atoms with E-state index < -0.39 is 5.56 Å². The van der Waals surface area contributed by atoms with Crippen LogP contribution >= 0.6 is 15.9 Å². The van der Waals surface area contributed by atoms with E-state index in [0.717, 1.165) is 0 Å². The number of aryl methyl sites for hydroxylation is 1. The summed E-state index contributed by atoms with van der Waals surface area (Å²) in [5.74, 6) is 0.397. The summed E-state index contributed by atoms with van der Waals surface area (Å²) in [5.41, 5.74) is -0.00818. The van der Waals surface area contributed by atoms with Crippen LogP contribution in [0.3, 0.4) is 0 Å². The van der Waals surface area contributed by atoms with Gasteiger partial charge in [0.05, 0.1) is 0 Å². The number of hydrogen-bond acceptors (Lipinski definition) is 5. The van der Waals surface area contributed by atoms with Gasteiger partial charge >= 0.3 is 0 Å². The summed E-state index contributed by atoms with van der Waals surface area (Å²) in [6.07, 6.45) is 1.55. The highest BCUT2D eigenvalue weighted by atomic mass is 79.9. The van der Waals surface area contributed by atoms with Gasteiger partial charge in [-0.2, -0.15) is 4.98 Å². The number of aromatic amines is 1. The molecular weight excluding hydrogens is 276 g/mol. The molecule has 0 amide bonds. The van der Waals surface area contributed by atoms with Crippen LogP contribution in [0.1, 0.15) is 5.82 Å². The molecule has 2 aromatic rings. The molecule has 0 spiro atoms. The molecule has 0 aliphatic heterocycles. The summed E-state index contributed by atoms with van der Waals surface area (Å²) in [6.45, 7) is 1.72. The van der Waals surface area contributed by atoms with Crippen molar-refractivity contribution in [2.24, 2.45) is 0 Å². The molecule has 7 heteroatoms. The Kier molecular flexibility index (Phi) is 2.69. The van der Waals surface area contributed by atoms with E-state index in [1.54, 1.807) is 19.2 Å². The number of rotatable bonds is 1. The predicted molar refractivity (Wildman–Crippen MR) is 60.0 cm³/mol. The molecule has 0 aliphatic rings. The quantitative estimate of drug-likeness (QED) is 0.814. The van der Waals surface area contributed by atoms with Gasteiger partial charge in [0.15, 0.2) is 5.82 Å². The lowest BCUT2D eigenvalue weighted by atomic mass is 10.3. The van der Waals surface area contributed by atoms with Crippen molar-refractivity contribution in [1.82, 2.24) is 19.9 Å². The third-order valence-electron chi connectivity index (χ3n) is 1.86. The van der Waals surface area contributed by atoms with Gasteiger partial charge in [0, 0.05) is 6.20 Å². The maximum absolute atomic E-state index is 11.4. The van der Waals surface area contributed by atoms with Crippen molar-refractivity contribution in [1.29, 1.82) is 0 Å². The van der Waals surface area contributed by atoms with Gasteiger partial charge in [0.1, 0.15) is 16.0 Å². The maximum atomic E-state index is 11.4. The van der Waals surface area contributed by atoms with Crippen molar-refractivity contribution in [2.75, 3.05) is 0 Å². The van der Waals surface area contributed by atoms with E-state index in [0.29, 0.717) is 11.5 Å². The van der Waals surface area contributed by atoms with Crippen LogP contribution in [-0.4, -0.2) is 25.0 Å². The Balaban J connectivity index is 2.61. The minimum Gasteiger partial charge on any atom is -0.492 e. The predicted octanol–water partition coefficient (Wildman–Crippen LogP) is 1.00. The number of aromatic nitrogens is 4. The summed E-state index contributed by atoms with van der Waals surface area (Å²) in [4.78, 5) is 25.7. The Morgan fingerprint density at radius 2 is 2.19 bits per heavy atom. The molecular formula is C9H7BrN4O2. The molecule has 0 fully saturated rings. The summed E-state index contributed by atoms with van der Waals surface area (Å²) >= 11 is 2.91. The van der Waals surface area contributed by atoms with Crippen molar-refractivity contribution < 1.29 is 5.11 Å². The standard InChI is InChI=1S/C9H7BrN4O2/c1-4-11-3-2-5(12-4)7-13-8(15)6(10)9(16)14-7/h2-3H,1H3,(H2,13,14,15,16). The zero-order valence-electron chi connectivity index (χ0n) is 8.23. The Hall–Kier alpha value is -1.76. The average molecular weight is 283 g/mol. The zero-order chi connectivity index (χ0) is 11.7. The molecule has 0 atom stereocenters. The molecule has 2 rings (SSSR count). The summed E-state index contributed by atoms with van der Waals surface area (Å²) in [6, 6.07) is 1.60. The molecule has 0 aliphatic carbocycles. The van der Waals surface area contributed by atoms with Crippen LogP contribution in [0.4, 0.5) is 0 Å². The van der Waals surface area contributed by atoms with Gasteiger partial charge in [0.25, 0.3) is 5.56 Å². The van der Waals surface area contributed by atoms with Gasteiger partial charge < -0.3 is 10.1 Å². The van der Waals surface area contributed by atoms with Crippen molar-refractivity contribution in [3.05, 3.63) is 32.9 Å². The van der Waals surface area contributed by atoms with Crippen LogP contribution in [0, 0.1) is 6.92 Å². The molecule has 2 N–H and O–H groups in total. The largest absolute Gasteiger partial charge is 0.492 e. The smallest absolute Gasteiger partial charge is 0.269 e. The topological polar surface area (TPSA) is 91.8 Å². The van der Waals surface area contributed by atoms with Gasteiger partial charge in [-0.3, -0.25) is 4.79 Å². The fourth-order valence-corrected chi connectivity index (χ4v) is 1.34. The van der Waals surface area contributed by atoms with Crippen LogP contribution in [0.25, 0.3) is 11.5 Å². The van der Waals surface area contributed by atoms with Gasteiger partial charge in [-0.25, -0.2) is 9.97 Å². The number of aromatic hydroxyl groups is 1. The molecule has 0 unspecified atom stereocenters. The molecule has 0 aromatic carbocycles. The molecule has 0 bridgehead atoms. The van der Waals surface area contributed by atoms with Crippen LogP contribution in [-0.2, 0) is 0 Å². The Morgan fingerprint density at radius 3 is 2.81 bits per heavy atom. The zero-order valence-corrected chi connectivity index (χ0v) is 9.82. The minimum atomic E-state index is -0.459. The third-order valence-corrected chi connectivity index (χ3v) is 2.58. The molecule has 0 saturated carbocycles. The Labute approximate surface area is 98.6 Å². The fraction of sp³-hybridized carbons (Fsp3) is 0.111. The van der Waals surface area contributed by atoms with Crippen molar-refractivity contribution in [3.63, 3.8) is 0 Å². The average Bonchev–Trinajstić information content (AvgIpc) is 2.25. The van der Waals surface area contributed by atoms with Crippen LogP contribution in [0.5, 0.6) is 5.88 Å². The van der Waals surface area contributed by atoms with E-state index in [-0.39, 0.29) is 16.2 Å². The molecule has 0 radical (unpaired) electrons. The van der Waals surface area contributed by atoms with Crippen molar-refractivity contribution >= 4 is 15.9 Å². The molecule has 16 heavy (non-hydrogen) atoms. The number of halogens is 1. The van der Waals surface area contributed by atoms with E-state index in [4.69, 9.17) is 0 Å². The molecule has 0 saturated heterocycles. The lowest BCUT2D eigenvalue weighted by molar-refractivity contribution is 0.448. The van der Waals surface area contributed by atoms with E-state index in [2.05, 4.69) is 35.9 Å². The summed E-state index contributed by atoms with van der Waals surface area (Å²) in [7, 11) is 0. The number of H-pyrrole nitrogens is 1. The van der Waals surface area contributed by atoms with E-state index >= 15 is 0 Å². The van der Waals surface area contributed by atoms with E-state index in [1.165, 1.54) is 0 Å². The van der Waals surface area contributed by atoms with Crippen molar-refractivity contribution in [2.45, 2.75) is 6.92 Å². The van der Waals surface area contributed by atoms with Gasteiger partial charge in [-0.15, -0.1) is 0 Å². The normalized spacial score (nSPS) is 10.4. The lowest BCUT2D eigenvalue weighted by Gasteiger charge is -2.01. The Morgan fingerprint density at radius 1 is 1.44 bits per heavy atom. The first kappa shape index (κ1) is 10.7. The maximum Gasteiger partial charge on any atom is 0.269 e. The number of nitrogens with zero attached hydrogens (tertiary/aromatic N) is 3. The van der Waals surface area contributed by atoms with E-state index in [1.807, 2.05) is 0 Å². The second kappa shape index (κ2) is 4.01. The highest BCUT2D eigenvalue weighted by molar-refractivity contribution is 9.10. The van der Waals surface area contributed by atoms with Crippen LogP contribution in [0.15, 0.2) is 21.5 Å². The van der Waals surface area contributed by atoms with E-state index in [9.17, 15) is 9.90 Å². The third kappa shape index (κ3) is 1.94. The van der Waals surface area contributed by atoms with Gasteiger partial charge in [0.2, 0.25) is 5.88 Å². The number of nitrogens with one attached hydrogen (secondary N) is 1. The fourth-order valence-electron chi connectivity index (χ4n) is 1.16.